The van der Waals surface area contributed by atoms with Crippen molar-refractivity contribution < 1.29 is 23.9 Å². The van der Waals surface area contributed by atoms with Crippen molar-refractivity contribution in [2.24, 2.45) is 5.92 Å². The van der Waals surface area contributed by atoms with Crippen LogP contribution in [-0.4, -0.2) is 56.2 Å². The second-order valence-corrected chi connectivity index (χ2v) is 7.13. The van der Waals surface area contributed by atoms with Gasteiger partial charge in [-0.05, 0) is 38.4 Å². The average molecular weight is 401 g/mol. The normalized spacial score (nSPS) is 20.6. The van der Waals surface area contributed by atoms with E-state index in [9.17, 15) is 14.4 Å². The molecule has 1 fully saturated rings. The number of hydrogen-bond acceptors (Lipinski definition) is 6. The summed E-state index contributed by atoms with van der Waals surface area (Å²) in [6, 6.07) is 8.38. The molecule has 3 rings (SSSR count). The van der Waals surface area contributed by atoms with Gasteiger partial charge in [0.2, 0.25) is 0 Å². The molecule has 0 spiro atoms. The van der Waals surface area contributed by atoms with Crippen LogP contribution in [0.3, 0.4) is 0 Å². The van der Waals surface area contributed by atoms with Gasteiger partial charge in [0.15, 0.2) is 0 Å². The van der Waals surface area contributed by atoms with E-state index in [2.05, 4.69) is 15.5 Å². The summed E-state index contributed by atoms with van der Waals surface area (Å²) in [7, 11) is 1.33. The Hall–Kier alpha value is -2.87. The quantitative estimate of drug-likeness (QED) is 0.705. The molecule has 0 aromatic heterocycles. The summed E-state index contributed by atoms with van der Waals surface area (Å²) in [5.74, 6) is -0.733. The van der Waals surface area contributed by atoms with Crippen molar-refractivity contribution in [3.8, 4) is 0 Å². The molecule has 29 heavy (non-hydrogen) atoms. The molecule has 156 valence electrons. The molecule has 1 aromatic rings. The number of nitrogens with zero attached hydrogens (tertiary/aromatic N) is 1. The summed E-state index contributed by atoms with van der Waals surface area (Å²) in [4.78, 5) is 38.9. The Morgan fingerprint density at radius 2 is 1.86 bits per heavy atom. The Morgan fingerprint density at radius 1 is 1.17 bits per heavy atom. The van der Waals surface area contributed by atoms with Crippen LogP contribution in [0.4, 0.5) is 4.79 Å². The Morgan fingerprint density at radius 3 is 2.48 bits per heavy atom. The number of piperidine rings is 1. The van der Waals surface area contributed by atoms with Gasteiger partial charge in [-0.3, -0.25) is 9.69 Å². The van der Waals surface area contributed by atoms with Crippen LogP contribution in [0, 0.1) is 5.92 Å². The number of nitrogens with one attached hydrogen (secondary N) is 2. The summed E-state index contributed by atoms with van der Waals surface area (Å²) >= 11 is 0. The van der Waals surface area contributed by atoms with Gasteiger partial charge in [0.05, 0.1) is 31.2 Å². The van der Waals surface area contributed by atoms with Crippen LogP contribution in [0.25, 0.3) is 0 Å². The molecule has 0 radical (unpaired) electrons. The van der Waals surface area contributed by atoms with E-state index in [-0.39, 0.29) is 17.9 Å². The number of ether oxygens (including phenoxy) is 2. The smallest absolute Gasteiger partial charge is 0.338 e. The number of carbonyl (C=O) groups excluding carboxylic acids is 3. The van der Waals surface area contributed by atoms with Crippen LogP contribution >= 0.6 is 0 Å². The van der Waals surface area contributed by atoms with Crippen molar-refractivity contribution in [1.82, 2.24) is 15.5 Å². The predicted octanol–water partition coefficient (Wildman–Crippen LogP) is 1.74. The standard InChI is InChI=1S/C21H27N3O5/c1-3-29-19(25)15-9-11-24(12-10-15)13-16-17(20(26)28-2)18(23-21(27)22-16)14-7-5-4-6-8-14/h4-8,15,18H,3,9-13H2,1-2H3,(H2,22,23,27)/t18-/m1/s1. The number of benzene rings is 1. The molecule has 0 saturated carbocycles. The molecule has 2 N–H and O–H groups in total. The highest BCUT2D eigenvalue weighted by atomic mass is 16.5. The largest absolute Gasteiger partial charge is 0.466 e. The summed E-state index contributed by atoms with van der Waals surface area (Å²) in [5, 5.41) is 5.59. The zero-order valence-corrected chi connectivity index (χ0v) is 16.8. The molecule has 2 amide bonds. The van der Waals surface area contributed by atoms with Crippen LogP contribution in [0.15, 0.2) is 41.6 Å². The third-order valence-corrected chi connectivity index (χ3v) is 5.28. The molecule has 1 aromatic carbocycles. The number of methoxy groups -OCH3 is 1. The minimum Gasteiger partial charge on any atom is -0.466 e. The summed E-state index contributed by atoms with van der Waals surface area (Å²) in [6.07, 6.45) is 1.38. The highest BCUT2D eigenvalue weighted by molar-refractivity contribution is 5.95. The molecule has 1 atom stereocenters. The molecule has 0 bridgehead atoms. The molecule has 8 heteroatoms. The second-order valence-electron chi connectivity index (χ2n) is 7.13. The van der Waals surface area contributed by atoms with Crippen molar-refractivity contribution in [2.45, 2.75) is 25.8 Å². The fraction of sp³-hybridized carbons (Fsp3) is 0.476. The van der Waals surface area contributed by atoms with Crippen LogP contribution < -0.4 is 10.6 Å². The van der Waals surface area contributed by atoms with Crippen molar-refractivity contribution in [3.05, 3.63) is 47.2 Å². The lowest BCUT2D eigenvalue weighted by atomic mass is 9.93. The van der Waals surface area contributed by atoms with Gasteiger partial charge in [0.25, 0.3) is 0 Å². The highest BCUT2D eigenvalue weighted by Gasteiger charge is 2.35. The first-order valence-electron chi connectivity index (χ1n) is 9.86. The van der Waals surface area contributed by atoms with Crippen LogP contribution in [0.2, 0.25) is 0 Å². The molecule has 1 saturated heterocycles. The molecule has 2 aliphatic rings. The van der Waals surface area contributed by atoms with E-state index in [4.69, 9.17) is 9.47 Å². The Labute approximate surface area is 170 Å². The Kier molecular flexibility index (Phi) is 6.87. The third kappa shape index (κ3) is 4.95. The van der Waals surface area contributed by atoms with Gasteiger partial charge in [0, 0.05) is 12.2 Å². The van der Waals surface area contributed by atoms with Crippen molar-refractivity contribution in [3.63, 3.8) is 0 Å². The Balaban J connectivity index is 1.79. The topological polar surface area (TPSA) is 97.0 Å². The first-order chi connectivity index (χ1) is 14.0. The molecular weight excluding hydrogens is 374 g/mol. The summed E-state index contributed by atoms with van der Waals surface area (Å²) < 4.78 is 10.1. The van der Waals surface area contributed by atoms with Gasteiger partial charge in [-0.25, -0.2) is 9.59 Å². The first-order valence-corrected chi connectivity index (χ1v) is 9.86. The second kappa shape index (κ2) is 9.56. The number of amides is 2. The van der Waals surface area contributed by atoms with E-state index in [0.717, 1.165) is 5.56 Å². The number of urea groups is 1. The minimum absolute atomic E-state index is 0.0973. The monoisotopic (exact) mass is 401 g/mol. The first kappa shape index (κ1) is 20.9. The summed E-state index contributed by atoms with van der Waals surface area (Å²) in [5.41, 5.74) is 1.73. The average Bonchev–Trinajstić information content (AvgIpc) is 2.74. The molecule has 0 unspecified atom stereocenters. The van der Waals surface area contributed by atoms with E-state index in [0.29, 0.717) is 50.4 Å². The molecular formula is C21H27N3O5. The number of rotatable bonds is 6. The summed E-state index contributed by atoms with van der Waals surface area (Å²) in [6.45, 7) is 3.95. The zero-order valence-electron chi connectivity index (χ0n) is 16.8. The van der Waals surface area contributed by atoms with Crippen LogP contribution in [-0.2, 0) is 19.1 Å². The molecule has 2 aliphatic heterocycles. The lowest BCUT2D eigenvalue weighted by molar-refractivity contribution is -0.149. The van der Waals surface area contributed by atoms with Gasteiger partial charge in [-0.2, -0.15) is 0 Å². The van der Waals surface area contributed by atoms with Crippen LogP contribution in [0.1, 0.15) is 31.4 Å². The third-order valence-electron chi connectivity index (χ3n) is 5.28. The van der Waals surface area contributed by atoms with E-state index in [1.807, 2.05) is 30.3 Å². The maximum Gasteiger partial charge on any atom is 0.338 e. The lowest BCUT2D eigenvalue weighted by Crippen LogP contribution is -2.49. The maximum absolute atomic E-state index is 12.6. The van der Waals surface area contributed by atoms with Gasteiger partial charge in [-0.1, -0.05) is 30.3 Å². The van der Waals surface area contributed by atoms with Crippen LogP contribution in [0.5, 0.6) is 0 Å². The van der Waals surface area contributed by atoms with E-state index in [1.165, 1.54) is 7.11 Å². The number of esters is 2. The van der Waals surface area contributed by atoms with Crippen molar-refractivity contribution in [2.75, 3.05) is 33.4 Å². The van der Waals surface area contributed by atoms with E-state index < -0.39 is 12.0 Å². The van der Waals surface area contributed by atoms with Gasteiger partial charge >= 0.3 is 18.0 Å². The van der Waals surface area contributed by atoms with E-state index >= 15 is 0 Å². The Bertz CT molecular complexity index is 785. The fourth-order valence-electron chi connectivity index (χ4n) is 3.80. The van der Waals surface area contributed by atoms with Crippen molar-refractivity contribution in [1.29, 1.82) is 0 Å². The zero-order chi connectivity index (χ0) is 20.8. The predicted molar refractivity (Wildman–Crippen MR) is 106 cm³/mol. The number of hydrogen-bond donors (Lipinski definition) is 2. The molecule has 2 heterocycles. The van der Waals surface area contributed by atoms with E-state index in [1.54, 1.807) is 6.92 Å². The minimum atomic E-state index is -0.579. The molecule has 0 aliphatic carbocycles. The maximum atomic E-state index is 12.6. The number of likely N-dealkylation sites (tertiary alicyclic amines) is 1. The lowest BCUT2D eigenvalue weighted by Gasteiger charge is -2.34. The van der Waals surface area contributed by atoms with Gasteiger partial charge < -0.3 is 20.1 Å². The van der Waals surface area contributed by atoms with Crippen molar-refractivity contribution >= 4 is 18.0 Å². The highest BCUT2D eigenvalue weighted by Crippen LogP contribution is 2.28. The van der Waals surface area contributed by atoms with Gasteiger partial charge in [-0.15, -0.1) is 0 Å². The fourth-order valence-corrected chi connectivity index (χ4v) is 3.80. The SMILES string of the molecule is CCOC(=O)C1CCN(CC2=C(C(=O)OC)[C@@H](c3ccccc3)NC(=O)N2)CC1. The molecule has 8 nitrogen and oxygen atoms in total. The number of carbonyl (C=O) groups is 3. The van der Waals surface area contributed by atoms with Gasteiger partial charge in [0.1, 0.15) is 0 Å².